The Kier molecular flexibility index (Phi) is 10.0. The second kappa shape index (κ2) is 12.6. The topological polar surface area (TPSA) is 50.1 Å². The SMILES string of the molecule is CCCCN[C@H](C[C@H](NCCCCN)c1ccccc1)c1ccccc1. The molecule has 3 nitrogen and oxygen atoms in total. The van der Waals surface area contributed by atoms with E-state index in [1.807, 2.05) is 0 Å². The average molecular weight is 354 g/mol. The molecule has 3 heteroatoms. The third-order valence-corrected chi connectivity index (χ3v) is 4.82. The van der Waals surface area contributed by atoms with Crippen LogP contribution in [0.5, 0.6) is 0 Å². The second-order valence-corrected chi connectivity index (χ2v) is 6.92. The van der Waals surface area contributed by atoms with Crippen molar-refractivity contribution in [2.45, 2.75) is 51.1 Å². The lowest BCUT2D eigenvalue weighted by Gasteiger charge is -2.26. The molecule has 2 aromatic rings. The lowest BCUT2D eigenvalue weighted by molar-refractivity contribution is 0.400. The van der Waals surface area contributed by atoms with Gasteiger partial charge in [-0.1, -0.05) is 74.0 Å². The van der Waals surface area contributed by atoms with Gasteiger partial charge in [-0.15, -0.1) is 0 Å². The Labute approximate surface area is 159 Å². The molecule has 0 aliphatic heterocycles. The van der Waals surface area contributed by atoms with E-state index in [0.29, 0.717) is 12.1 Å². The fourth-order valence-corrected chi connectivity index (χ4v) is 3.28. The van der Waals surface area contributed by atoms with Crippen molar-refractivity contribution in [1.82, 2.24) is 10.6 Å². The minimum absolute atomic E-state index is 0.341. The molecule has 0 aromatic heterocycles. The van der Waals surface area contributed by atoms with E-state index in [9.17, 15) is 0 Å². The fraction of sp³-hybridized carbons (Fsp3) is 0.478. The number of nitrogens with one attached hydrogen (secondary N) is 2. The molecule has 2 aromatic carbocycles. The molecular weight excluding hydrogens is 318 g/mol. The Bertz CT molecular complexity index is 571. The predicted molar refractivity (Wildman–Crippen MR) is 112 cm³/mol. The first-order valence-electron chi connectivity index (χ1n) is 10.1. The molecule has 26 heavy (non-hydrogen) atoms. The normalized spacial score (nSPS) is 13.5. The van der Waals surface area contributed by atoms with E-state index in [2.05, 4.69) is 78.2 Å². The molecule has 2 atom stereocenters. The highest BCUT2D eigenvalue weighted by Gasteiger charge is 2.18. The number of hydrogen-bond acceptors (Lipinski definition) is 3. The lowest BCUT2D eigenvalue weighted by atomic mass is 9.94. The summed E-state index contributed by atoms with van der Waals surface area (Å²) in [5, 5.41) is 7.54. The van der Waals surface area contributed by atoms with Gasteiger partial charge in [0.05, 0.1) is 0 Å². The molecule has 0 saturated heterocycles. The highest BCUT2D eigenvalue weighted by atomic mass is 15.0. The molecule has 0 aliphatic rings. The van der Waals surface area contributed by atoms with Gasteiger partial charge in [-0.05, 0) is 56.4 Å². The maximum absolute atomic E-state index is 5.64. The summed E-state index contributed by atoms with van der Waals surface area (Å²) < 4.78 is 0. The van der Waals surface area contributed by atoms with Crippen molar-refractivity contribution in [3.8, 4) is 0 Å². The van der Waals surface area contributed by atoms with Crippen LogP contribution in [0.1, 0.15) is 62.2 Å². The highest BCUT2D eigenvalue weighted by Crippen LogP contribution is 2.26. The average Bonchev–Trinajstić information content (AvgIpc) is 2.70. The molecule has 0 saturated carbocycles. The zero-order chi connectivity index (χ0) is 18.5. The van der Waals surface area contributed by atoms with Crippen LogP contribution in [0.2, 0.25) is 0 Å². The van der Waals surface area contributed by atoms with E-state index in [1.165, 1.54) is 24.0 Å². The number of hydrogen-bond donors (Lipinski definition) is 3. The van der Waals surface area contributed by atoms with E-state index in [-0.39, 0.29) is 0 Å². The summed E-state index contributed by atoms with van der Waals surface area (Å²) in [5.41, 5.74) is 8.37. The van der Waals surface area contributed by atoms with Gasteiger partial charge in [-0.2, -0.15) is 0 Å². The third kappa shape index (κ3) is 7.28. The first-order valence-corrected chi connectivity index (χ1v) is 10.1. The van der Waals surface area contributed by atoms with Gasteiger partial charge in [-0.25, -0.2) is 0 Å². The maximum atomic E-state index is 5.64. The first kappa shape index (κ1) is 20.6. The smallest absolute Gasteiger partial charge is 0.0338 e. The van der Waals surface area contributed by atoms with Crippen LogP contribution in [0.15, 0.2) is 60.7 Å². The van der Waals surface area contributed by atoms with Gasteiger partial charge >= 0.3 is 0 Å². The predicted octanol–water partition coefficient (Wildman–Crippen LogP) is 4.58. The zero-order valence-corrected chi connectivity index (χ0v) is 16.2. The van der Waals surface area contributed by atoms with E-state index in [0.717, 1.165) is 38.9 Å². The number of unbranched alkanes of at least 4 members (excludes halogenated alkanes) is 2. The molecule has 0 aliphatic carbocycles. The van der Waals surface area contributed by atoms with Crippen molar-refractivity contribution in [2.75, 3.05) is 19.6 Å². The molecule has 0 unspecified atom stereocenters. The van der Waals surface area contributed by atoms with E-state index in [4.69, 9.17) is 5.73 Å². The largest absolute Gasteiger partial charge is 0.330 e. The van der Waals surface area contributed by atoms with E-state index in [1.54, 1.807) is 0 Å². The minimum atomic E-state index is 0.341. The third-order valence-electron chi connectivity index (χ3n) is 4.82. The molecule has 0 spiro atoms. The van der Waals surface area contributed by atoms with Crippen molar-refractivity contribution >= 4 is 0 Å². The van der Waals surface area contributed by atoms with Gasteiger partial charge in [-0.3, -0.25) is 0 Å². The Hall–Kier alpha value is -1.68. The monoisotopic (exact) mass is 353 g/mol. The maximum Gasteiger partial charge on any atom is 0.0338 e. The molecule has 0 heterocycles. The molecule has 0 fully saturated rings. The Morgan fingerprint density at radius 3 is 1.69 bits per heavy atom. The quantitative estimate of drug-likeness (QED) is 0.462. The van der Waals surface area contributed by atoms with Crippen molar-refractivity contribution in [3.63, 3.8) is 0 Å². The first-order chi connectivity index (χ1) is 12.8. The lowest BCUT2D eigenvalue weighted by Crippen LogP contribution is -2.30. The molecule has 2 rings (SSSR count). The van der Waals surface area contributed by atoms with Crippen LogP contribution >= 0.6 is 0 Å². The zero-order valence-electron chi connectivity index (χ0n) is 16.2. The van der Waals surface area contributed by atoms with Crippen LogP contribution in [0.3, 0.4) is 0 Å². The fourth-order valence-electron chi connectivity index (χ4n) is 3.28. The van der Waals surface area contributed by atoms with Crippen LogP contribution in [0.25, 0.3) is 0 Å². The van der Waals surface area contributed by atoms with Gasteiger partial charge in [0.25, 0.3) is 0 Å². The summed E-state index contributed by atoms with van der Waals surface area (Å²) in [6.45, 7) is 5.08. The van der Waals surface area contributed by atoms with Gasteiger partial charge in [0.1, 0.15) is 0 Å². The molecule has 4 N–H and O–H groups in total. The molecule has 0 bridgehead atoms. The summed E-state index contributed by atoms with van der Waals surface area (Å²) in [6, 6.07) is 22.3. The minimum Gasteiger partial charge on any atom is -0.330 e. The van der Waals surface area contributed by atoms with Crippen molar-refractivity contribution < 1.29 is 0 Å². The van der Waals surface area contributed by atoms with Gasteiger partial charge in [0.2, 0.25) is 0 Å². The number of nitrogens with two attached hydrogens (primary N) is 1. The highest BCUT2D eigenvalue weighted by molar-refractivity contribution is 5.23. The van der Waals surface area contributed by atoms with Gasteiger partial charge in [0, 0.05) is 12.1 Å². The Morgan fingerprint density at radius 1 is 0.731 bits per heavy atom. The molecular formula is C23H35N3. The number of benzene rings is 2. The molecule has 0 amide bonds. The van der Waals surface area contributed by atoms with Crippen LogP contribution in [0, 0.1) is 0 Å². The van der Waals surface area contributed by atoms with Crippen LogP contribution < -0.4 is 16.4 Å². The van der Waals surface area contributed by atoms with Crippen LogP contribution in [-0.4, -0.2) is 19.6 Å². The summed E-state index contributed by atoms with van der Waals surface area (Å²) in [6.07, 6.45) is 5.67. The van der Waals surface area contributed by atoms with Crippen molar-refractivity contribution in [3.05, 3.63) is 71.8 Å². The summed E-state index contributed by atoms with van der Waals surface area (Å²) in [4.78, 5) is 0. The summed E-state index contributed by atoms with van der Waals surface area (Å²) in [7, 11) is 0. The second-order valence-electron chi connectivity index (χ2n) is 6.92. The van der Waals surface area contributed by atoms with Crippen LogP contribution in [-0.2, 0) is 0 Å². The number of rotatable bonds is 13. The summed E-state index contributed by atoms with van der Waals surface area (Å²) in [5.74, 6) is 0. The molecule has 142 valence electrons. The van der Waals surface area contributed by atoms with E-state index >= 15 is 0 Å². The Balaban J connectivity index is 2.09. The van der Waals surface area contributed by atoms with Crippen LogP contribution in [0.4, 0.5) is 0 Å². The van der Waals surface area contributed by atoms with E-state index < -0.39 is 0 Å². The summed E-state index contributed by atoms with van der Waals surface area (Å²) >= 11 is 0. The molecule has 0 radical (unpaired) electrons. The Morgan fingerprint density at radius 2 is 1.23 bits per heavy atom. The standard InChI is InChI=1S/C23H35N3/c1-2-3-17-25-22(20-12-6-4-7-13-20)19-23(26-18-11-10-16-24)21-14-8-5-9-15-21/h4-9,12-15,22-23,25-26H,2-3,10-11,16-19,24H2,1H3/t22-,23+/m1/s1. The van der Waals surface area contributed by atoms with Gasteiger partial charge < -0.3 is 16.4 Å². The van der Waals surface area contributed by atoms with Crippen molar-refractivity contribution in [1.29, 1.82) is 0 Å². The van der Waals surface area contributed by atoms with Gasteiger partial charge in [0.15, 0.2) is 0 Å². The van der Waals surface area contributed by atoms with Crippen molar-refractivity contribution in [2.24, 2.45) is 5.73 Å².